The monoisotopic (exact) mass is 1410 g/mol. The van der Waals surface area contributed by atoms with Gasteiger partial charge in [0.05, 0.1) is 11.6 Å². The summed E-state index contributed by atoms with van der Waals surface area (Å²) in [5, 5.41) is 55.0. The molecule has 2 aliphatic rings. The van der Waals surface area contributed by atoms with E-state index >= 15 is 4.79 Å². The number of nitriles is 1. The lowest BCUT2D eigenvalue weighted by atomic mass is 9.98. The van der Waals surface area contributed by atoms with E-state index in [1.54, 1.807) is 50.4 Å². The van der Waals surface area contributed by atoms with Crippen LogP contribution in [-0.2, 0) is 76.8 Å². The topological polar surface area (TPSA) is 513 Å². The number of fused-ring (bicyclic) bond motifs is 1. The molecule has 1 aromatic heterocycles. The fourth-order valence-corrected chi connectivity index (χ4v) is 13.5. The summed E-state index contributed by atoms with van der Waals surface area (Å²) in [6.45, 7) is 3.59. The molecule has 3 aromatic carbocycles. The van der Waals surface area contributed by atoms with E-state index in [0.29, 0.717) is 36.0 Å². The number of phenols is 1. The van der Waals surface area contributed by atoms with E-state index in [0.717, 1.165) is 32.5 Å². The number of hydrogen-bond acceptors (Lipinski definition) is 18. The number of aliphatic carboxylic acids is 1. The first kappa shape index (κ1) is 78.1. The average Bonchev–Trinajstić information content (AvgIpc) is 1.76. The number of phenolic OH excluding ortho intramolecular Hbond substituents is 1. The van der Waals surface area contributed by atoms with Crippen LogP contribution in [0.3, 0.4) is 0 Å². The maximum absolute atomic E-state index is 15.0. The minimum Gasteiger partial charge on any atom is -0.508 e. The van der Waals surface area contributed by atoms with Crippen LogP contribution in [-0.4, -0.2) is 189 Å². The zero-order valence-electron chi connectivity index (χ0n) is 55.2. The first-order valence-corrected chi connectivity index (χ1v) is 35.2. The smallest absolute Gasteiger partial charge is 0.303 e. The fourth-order valence-electron chi connectivity index (χ4n) is 11.2. The number of amides is 11. The SMILES string of the molecule is CC(C)[C@@H]1NC(=O)[C@@H](NC(=O)[C@H](Cc2ccc(O)cc2)NC(=O)[C@@H]2CCCN2C(=O)CCN)CSSC[C@@H](C(N)=O)NC(=O)[C@H](CCC(=O)O)NC(=O)[C@H](Cc2c[nH]c3ccccc23)NC(=O)CCCCCNC(=O)[C@H](CCCN=C(N)N)NC(=O)[C@H](Cc2ccccc2C#N)NC1=O. The molecule has 20 N–H and O–H groups in total. The Morgan fingerprint density at radius 3 is 2.07 bits per heavy atom. The summed E-state index contributed by atoms with van der Waals surface area (Å²) in [7, 11) is 1.78. The van der Waals surface area contributed by atoms with Crippen molar-refractivity contribution in [3.05, 3.63) is 101 Å². The largest absolute Gasteiger partial charge is 0.508 e. The molecular weight excluding hydrogens is 1320 g/mol. The first-order chi connectivity index (χ1) is 47.3. The number of aromatic nitrogens is 1. The highest BCUT2D eigenvalue weighted by atomic mass is 33.1. The Balaban J connectivity index is 1.38. The van der Waals surface area contributed by atoms with Crippen LogP contribution in [0, 0.1) is 17.2 Å². The number of benzene rings is 3. The van der Waals surface area contributed by atoms with Crippen molar-refractivity contribution in [2.45, 2.75) is 158 Å². The molecule has 0 aliphatic carbocycles. The minimum atomic E-state index is -1.62. The number of para-hydroxylation sites is 1. The highest BCUT2D eigenvalue weighted by Crippen LogP contribution is 2.25. The van der Waals surface area contributed by atoms with Crippen molar-refractivity contribution < 1.29 is 67.7 Å². The maximum Gasteiger partial charge on any atom is 0.303 e. The molecule has 0 bridgehead atoms. The molecule has 534 valence electrons. The molecule has 6 rings (SSSR count). The third kappa shape index (κ3) is 24.8. The van der Waals surface area contributed by atoms with E-state index < -0.39 is 138 Å². The van der Waals surface area contributed by atoms with Crippen LogP contribution in [0.1, 0.15) is 107 Å². The first-order valence-electron chi connectivity index (χ1n) is 32.7. The number of primary amides is 1. The molecule has 9 atom stereocenters. The van der Waals surface area contributed by atoms with Gasteiger partial charge in [-0.2, -0.15) is 5.26 Å². The Kier molecular flexibility index (Phi) is 31.1. The van der Waals surface area contributed by atoms with Gasteiger partial charge in [-0.05, 0) is 91.8 Å². The maximum atomic E-state index is 15.0. The lowest BCUT2D eigenvalue weighted by molar-refractivity contribution is -0.139. The third-order valence-corrected chi connectivity index (χ3v) is 18.9. The van der Waals surface area contributed by atoms with Crippen molar-refractivity contribution in [3.8, 4) is 11.8 Å². The van der Waals surface area contributed by atoms with Crippen molar-refractivity contribution in [1.29, 1.82) is 5.26 Å². The molecule has 0 radical (unpaired) electrons. The average molecular weight is 1410 g/mol. The van der Waals surface area contributed by atoms with E-state index in [1.165, 1.54) is 35.2 Å². The molecule has 0 saturated carbocycles. The molecule has 4 aromatic rings. The molecule has 0 unspecified atom stereocenters. The summed E-state index contributed by atoms with van der Waals surface area (Å²) < 4.78 is 0. The second kappa shape index (κ2) is 39.5. The summed E-state index contributed by atoms with van der Waals surface area (Å²) in [5.41, 5.74) is 25.0. The number of guanidine groups is 1. The van der Waals surface area contributed by atoms with Crippen molar-refractivity contribution >= 4 is 109 Å². The Morgan fingerprint density at radius 1 is 0.727 bits per heavy atom. The summed E-state index contributed by atoms with van der Waals surface area (Å²) >= 11 is 0. The second-order valence-corrected chi connectivity index (χ2v) is 26.9. The van der Waals surface area contributed by atoms with E-state index in [-0.39, 0.29) is 119 Å². The Morgan fingerprint density at radius 2 is 1.38 bits per heavy atom. The van der Waals surface area contributed by atoms with Gasteiger partial charge >= 0.3 is 5.97 Å². The van der Waals surface area contributed by atoms with Crippen LogP contribution in [0.15, 0.2) is 84.0 Å². The number of hydrogen-bond donors (Lipinski definition) is 16. The summed E-state index contributed by atoms with van der Waals surface area (Å²) in [6, 6.07) is 8.58. The quantitative estimate of drug-likeness (QED) is 0.0208. The molecule has 2 saturated heterocycles. The number of carboxylic acid groups (broad SMARTS) is 1. The summed E-state index contributed by atoms with van der Waals surface area (Å²) in [5.74, 6) is -11.9. The van der Waals surface area contributed by atoms with E-state index in [2.05, 4.69) is 63.9 Å². The minimum absolute atomic E-state index is 0.00746. The van der Waals surface area contributed by atoms with Gasteiger partial charge in [-0.3, -0.25) is 62.5 Å². The predicted molar refractivity (Wildman–Crippen MR) is 370 cm³/mol. The lowest BCUT2D eigenvalue weighted by Crippen LogP contribution is -2.61. The summed E-state index contributed by atoms with van der Waals surface area (Å²) in [6.07, 6.45) is 1.75. The van der Waals surface area contributed by atoms with Crippen LogP contribution in [0.4, 0.5) is 0 Å². The van der Waals surface area contributed by atoms with E-state index in [4.69, 9.17) is 22.9 Å². The zero-order valence-corrected chi connectivity index (χ0v) is 56.8. The number of H-pyrrole nitrogens is 1. The Hall–Kier alpha value is -9.94. The molecular formula is C66H89N17O14S2. The number of carbonyl (C=O) groups excluding carboxylic acids is 11. The van der Waals surface area contributed by atoms with Crippen molar-refractivity contribution in [2.24, 2.45) is 33.8 Å². The third-order valence-electron chi connectivity index (χ3n) is 16.5. The molecule has 33 heteroatoms. The standard InChI is InChI=1S/C66H89N17O14S2/c1-37(2)56-65(97)79-49(31-39-12-5-6-13-40(39)33-68)62(94)76-45(16-10-28-73-66(70)71)58(90)72-27-9-3-4-18-53(85)75-48(32-41-34-74-44-15-8-7-14-43(41)44)61(93)77-46(23-24-55(87)88)59(91)80-50(57(69)89)35-98-99-36-51(63(95)82-56)81-60(92)47(30-38-19-21-42(84)22-20-38)78-64(96)52-17-11-29-83(52)54(86)25-26-67/h5-8,12-15,19-22,34,37,45-52,56,74,84H,3-4,9-11,16-18,23-32,35-36,67H2,1-2H3,(H2,69,89)(H,72,90)(H,75,85)(H,76,94)(H,77,93)(H,78,96)(H,79,97)(H,80,91)(H,81,92)(H,82,95)(H,87,88)(H4,70,71,73)/t45-,46-,47-,48-,49-,50-,51-,52-,56-/m0/s1. The van der Waals surface area contributed by atoms with Crippen molar-refractivity contribution in [3.63, 3.8) is 0 Å². The predicted octanol–water partition coefficient (Wildman–Crippen LogP) is -0.877. The van der Waals surface area contributed by atoms with Gasteiger partial charge in [0.1, 0.15) is 60.1 Å². The van der Waals surface area contributed by atoms with Crippen LogP contribution < -0.4 is 70.8 Å². The Bertz CT molecular complexity index is 3580. The normalized spacial score (nSPS) is 21.9. The van der Waals surface area contributed by atoms with Gasteiger partial charge in [-0.25, -0.2) is 0 Å². The van der Waals surface area contributed by atoms with Gasteiger partial charge in [0, 0.05) is 93.3 Å². The van der Waals surface area contributed by atoms with Gasteiger partial charge < -0.3 is 90.9 Å². The highest BCUT2D eigenvalue weighted by Gasteiger charge is 2.39. The molecule has 11 amide bonds. The number of aliphatic imine (C=N–C) groups is 1. The number of likely N-dealkylation sites (tertiary alicyclic amines) is 1. The number of nitrogens with zero attached hydrogens (tertiary/aromatic N) is 3. The second-order valence-electron chi connectivity index (χ2n) is 24.4. The number of aromatic hydroxyl groups is 1. The number of aromatic amines is 1. The van der Waals surface area contributed by atoms with Crippen LogP contribution in [0.2, 0.25) is 0 Å². The lowest BCUT2D eigenvalue weighted by Gasteiger charge is -2.29. The summed E-state index contributed by atoms with van der Waals surface area (Å²) in [4.78, 5) is 177. The number of carbonyl (C=O) groups is 12. The molecule has 31 nitrogen and oxygen atoms in total. The number of carboxylic acids is 1. The van der Waals surface area contributed by atoms with E-state index in [9.17, 15) is 68.2 Å². The highest BCUT2D eigenvalue weighted by molar-refractivity contribution is 8.76. The van der Waals surface area contributed by atoms with Gasteiger partial charge in [-0.15, -0.1) is 0 Å². The van der Waals surface area contributed by atoms with E-state index in [1.807, 2.05) is 12.1 Å². The Labute approximate surface area is 580 Å². The molecule has 3 heterocycles. The number of nitrogens with one attached hydrogen (secondary N) is 10. The van der Waals surface area contributed by atoms with Crippen molar-refractivity contribution in [2.75, 3.05) is 37.7 Å². The number of rotatable bonds is 21. The van der Waals surface area contributed by atoms with Gasteiger partial charge in [0.25, 0.3) is 0 Å². The van der Waals surface area contributed by atoms with Crippen LogP contribution in [0.5, 0.6) is 5.75 Å². The zero-order chi connectivity index (χ0) is 72.1. The fraction of sp³-hybridized carbons (Fsp3) is 0.485. The van der Waals surface area contributed by atoms with Gasteiger partial charge in [0.15, 0.2) is 5.96 Å². The molecule has 2 fully saturated rings. The molecule has 2 aliphatic heterocycles. The molecule has 0 spiro atoms. The molecule has 99 heavy (non-hydrogen) atoms. The van der Waals surface area contributed by atoms with Crippen molar-refractivity contribution in [1.82, 2.24) is 57.7 Å². The van der Waals surface area contributed by atoms with Crippen LogP contribution >= 0.6 is 21.6 Å². The van der Waals surface area contributed by atoms with Crippen LogP contribution in [0.25, 0.3) is 10.9 Å². The van der Waals surface area contributed by atoms with Gasteiger partial charge in [0.2, 0.25) is 65.0 Å². The number of nitrogens with two attached hydrogens (primary N) is 4. The van der Waals surface area contributed by atoms with Gasteiger partial charge in [-0.1, -0.05) is 90.4 Å².